The summed E-state index contributed by atoms with van der Waals surface area (Å²) in [5, 5.41) is 1.92. The monoisotopic (exact) mass is 394 g/mol. The molecule has 0 radical (unpaired) electrons. The third-order valence-corrected chi connectivity index (χ3v) is 6.47. The summed E-state index contributed by atoms with van der Waals surface area (Å²) in [5.41, 5.74) is 10.6. The summed E-state index contributed by atoms with van der Waals surface area (Å²) in [6, 6.07) is 8.53. The minimum Gasteiger partial charge on any atom is -0.397 e. The molecule has 0 amide bonds. The maximum absolute atomic E-state index is 12.6. The molecular formula is C20H22N6OS. The molecule has 4 aromatic rings. The smallest absolute Gasteiger partial charge is 0.261 e. The zero-order valence-corrected chi connectivity index (χ0v) is 16.6. The lowest BCUT2D eigenvalue weighted by Gasteiger charge is -2.39. The minimum absolute atomic E-state index is 0.227. The van der Waals surface area contributed by atoms with Gasteiger partial charge in [-0.25, -0.2) is 4.98 Å². The van der Waals surface area contributed by atoms with Gasteiger partial charge in [0.2, 0.25) is 0 Å². The zero-order valence-electron chi connectivity index (χ0n) is 15.8. The fraction of sp³-hybridized carbons (Fsp3) is 0.300. The number of piperazine rings is 1. The number of likely N-dealkylation sites (N-methyl/N-ethyl adjacent to an activating group) is 1. The van der Waals surface area contributed by atoms with Crippen LogP contribution in [-0.4, -0.2) is 52.6 Å². The van der Waals surface area contributed by atoms with Gasteiger partial charge in [0, 0.05) is 31.4 Å². The van der Waals surface area contributed by atoms with E-state index in [-0.39, 0.29) is 5.56 Å². The molecule has 0 saturated carbocycles. The summed E-state index contributed by atoms with van der Waals surface area (Å²) in [6.45, 7) is 5.32. The van der Waals surface area contributed by atoms with Crippen molar-refractivity contribution in [1.29, 1.82) is 0 Å². The van der Waals surface area contributed by atoms with Crippen LogP contribution >= 0.6 is 11.3 Å². The first-order valence-electron chi connectivity index (χ1n) is 9.35. The maximum Gasteiger partial charge on any atom is 0.261 e. The molecule has 8 heteroatoms. The normalized spacial score (nSPS) is 18.4. The van der Waals surface area contributed by atoms with Crippen LogP contribution in [0.5, 0.6) is 0 Å². The van der Waals surface area contributed by atoms with Crippen molar-refractivity contribution in [2.24, 2.45) is 0 Å². The Morgan fingerprint density at radius 2 is 2.07 bits per heavy atom. The van der Waals surface area contributed by atoms with E-state index in [1.54, 1.807) is 0 Å². The number of nitrogens with two attached hydrogens (primary N) is 1. The molecule has 1 fully saturated rings. The number of hydrogen-bond donors (Lipinski definition) is 3. The lowest BCUT2D eigenvalue weighted by molar-refractivity contribution is 0.275. The van der Waals surface area contributed by atoms with Gasteiger partial charge < -0.3 is 25.5 Å². The number of fused-ring (bicyclic) bond motifs is 2. The number of benzene rings is 1. The summed E-state index contributed by atoms with van der Waals surface area (Å²) >= 11 is 1.51. The van der Waals surface area contributed by atoms with E-state index in [0.717, 1.165) is 40.9 Å². The fourth-order valence-electron chi connectivity index (χ4n) is 4.09. The highest BCUT2D eigenvalue weighted by Crippen LogP contribution is 2.32. The molecule has 0 bridgehead atoms. The summed E-state index contributed by atoms with van der Waals surface area (Å²) in [7, 11) is 2.16. The summed E-state index contributed by atoms with van der Waals surface area (Å²) in [5.74, 6) is 0.507. The molecule has 0 aliphatic carbocycles. The standard InChI is InChI=1S/C20H22N6OS/c1-11-10-25(2)6-7-26(11)12-3-4-13-15(9-12)23-19(22-13)16-17(21)18-14(5-8-28-18)24-20(16)27/h3-5,8-9,11H,6-7,10H2,1-2H3,(H,22,23)(H3,21,24,27)/t11-/m0/s1. The van der Waals surface area contributed by atoms with Crippen molar-refractivity contribution in [2.45, 2.75) is 13.0 Å². The fourth-order valence-corrected chi connectivity index (χ4v) is 4.91. The number of anilines is 2. The highest BCUT2D eigenvalue weighted by Gasteiger charge is 2.22. The SMILES string of the molecule is C[C@H]1CN(C)CCN1c1ccc2nc(-c3c(N)c4sccc4[nH]c3=O)[nH]c2c1. The summed E-state index contributed by atoms with van der Waals surface area (Å²) < 4.78 is 0.877. The van der Waals surface area contributed by atoms with E-state index in [9.17, 15) is 4.79 Å². The average Bonchev–Trinajstić information content (AvgIpc) is 3.27. The predicted molar refractivity (Wildman–Crippen MR) is 116 cm³/mol. The van der Waals surface area contributed by atoms with Crippen LogP contribution in [0.25, 0.3) is 32.6 Å². The quantitative estimate of drug-likeness (QED) is 0.486. The Kier molecular flexibility index (Phi) is 3.92. The van der Waals surface area contributed by atoms with E-state index >= 15 is 0 Å². The van der Waals surface area contributed by atoms with Crippen LogP contribution in [0.15, 0.2) is 34.4 Å². The molecule has 0 spiro atoms. The Hall–Kier alpha value is -2.84. The van der Waals surface area contributed by atoms with Gasteiger partial charge in [0.25, 0.3) is 5.56 Å². The van der Waals surface area contributed by atoms with Crippen molar-refractivity contribution in [2.75, 3.05) is 37.3 Å². The first kappa shape index (κ1) is 17.3. The lowest BCUT2D eigenvalue weighted by atomic mass is 10.1. The van der Waals surface area contributed by atoms with Crippen LogP contribution in [-0.2, 0) is 0 Å². The molecule has 3 aromatic heterocycles. The van der Waals surface area contributed by atoms with Gasteiger partial charge in [-0.1, -0.05) is 0 Å². The van der Waals surface area contributed by atoms with E-state index in [4.69, 9.17) is 5.73 Å². The second-order valence-electron chi connectivity index (χ2n) is 7.50. The largest absolute Gasteiger partial charge is 0.397 e. The van der Waals surface area contributed by atoms with Crippen molar-refractivity contribution < 1.29 is 0 Å². The lowest BCUT2D eigenvalue weighted by Crippen LogP contribution is -2.50. The molecular weight excluding hydrogens is 372 g/mol. The number of H-pyrrole nitrogens is 2. The van der Waals surface area contributed by atoms with E-state index in [1.807, 2.05) is 17.5 Å². The Morgan fingerprint density at radius 1 is 1.21 bits per heavy atom. The number of nitrogens with one attached hydrogen (secondary N) is 2. The number of aromatic nitrogens is 3. The second kappa shape index (κ2) is 6.35. The van der Waals surface area contributed by atoms with E-state index in [1.165, 1.54) is 17.0 Å². The molecule has 1 aromatic carbocycles. The van der Waals surface area contributed by atoms with Crippen molar-refractivity contribution in [1.82, 2.24) is 19.9 Å². The first-order valence-corrected chi connectivity index (χ1v) is 10.2. The van der Waals surface area contributed by atoms with Gasteiger partial charge in [-0.15, -0.1) is 11.3 Å². The molecule has 0 unspecified atom stereocenters. The predicted octanol–water partition coefficient (Wildman–Crippen LogP) is 2.86. The highest BCUT2D eigenvalue weighted by atomic mass is 32.1. The van der Waals surface area contributed by atoms with Gasteiger partial charge in [0.1, 0.15) is 11.4 Å². The number of rotatable bonds is 2. The van der Waals surface area contributed by atoms with Gasteiger partial charge in [-0.2, -0.15) is 0 Å². The van der Waals surface area contributed by atoms with Crippen molar-refractivity contribution >= 4 is 44.0 Å². The Bertz CT molecular complexity index is 1240. The third kappa shape index (κ3) is 2.68. The Morgan fingerprint density at radius 3 is 2.89 bits per heavy atom. The zero-order chi connectivity index (χ0) is 19.4. The van der Waals surface area contributed by atoms with Crippen LogP contribution in [0, 0.1) is 0 Å². The molecule has 5 rings (SSSR count). The van der Waals surface area contributed by atoms with E-state index < -0.39 is 0 Å². The molecule has 4 heterocycles. The van der Waals surface area contributed by atoms with Gasteiger partial charge in [-0.05, 0) is 43.6 Å². The van der Waals surface area contributed by atoms with Crippen LogP contribution in [0.4, 0.5) is 11.4 Å². The number of nitrogen functional groups attached to an aromatic ring is 1. The van der Waals surface area contributed by atoms with Crippen molar-refractivity contribution in [3.05, 3.63) is 40.0 Å². The number of nitrogens with zero attached hydrogens (tertiary/aromatic N) is 3. The van der Waals surface area contributed by atoms with E-state index in [2.05, 4.69) is 50.9 Å². The van der Waals surface area contributed by atoms with Crippen molar-refractivity contribution in [3.8, 4) is 11.4 Å². The maximum atomic E-state index is 12.6. The number of aromatic amines is 2. The topological polar surface area (TPSA) is 94.0 Å². The molecule has 1 atom stereocenters. The first-order chi connectivity index (χ1) is 13.5. The molecule has 4 N–H and O–H groups in total. The molecule has 1 aliphatic heterocycles. The van der Waals surface area contributed by atoms with E-state index in [0.29, 0.717) is 23.1 Å². The number of thiophene rings is 1. The number of pyridine rings is 1. The molecule has 7 nitrogen and oxygen atoms in total. The van der Waals surface area contributed by atoms with Gasteiger partial charge in [-0.3, -0.25) is 4.79 Å². The molecule has 28 heavy (non-hydrogen) atoms. The van der Waals surface area contributed by atoms with Gasteiger partial charge in [0.05, 0.1) is 26.9 Å². The Labute approximate surface area is 165 Å². The number of hydrogen-bond acceptors (Lipinski definition) is 6. The van der Waals surface area contributed by atoms with Gasteiger partial charge >= 0.3 is 0 Å². The van der Waals surface area contributed by atoms with Crippen LogP contribution in [0.1, 0.15) is 6.92 Å². The highest BCUT2D eigenvalue weighted by molar-refractivity contribution is 7.17. The summed E-state index contributed by atoms with van der Waals surface area (Å²) in [4.78, 5) is 28.2. The molecule has 1 saturated heterocycles. The molecule has 1 aliphatic rings. The molecule has 144 valence electrons. The second-order valence-corrected chi connectivity index (χ2v) is 8.41. The number of imidazole rings is 1. The van der Waals surface area contributed by atoms with Crippen molar-refractivity contribution in [3.63, 3.8) is 0 Å². The average molecular weight is 395 g/mol. The van der Waals surface area contributed by atoms with Crippen LogP contribution in [0.2, 0.25) is 0 Å². The Balaban J connectivity index is 1.59. The third-order valence-electron chi connectivity index (χ3n) is 5.52. The summed E-state index contributed by atoms with van der Waals surface area (Å²) in [6.07, 6.45) is 0. The van der Waals surface area contributed by atoms with Gasteiger partial charge in [0.15, 0.2) is 0 Å². The minimum atomic E-state index is -0.227. The van der Waals surface area contributed by atoms with Crippen LogP contribution in [0.3, 0.4) is 0 Å². The van der Waals surface area contributed by atoms with Crippen LogP contribution < -0.4 is 16.2 Å².